The molecule has 0 unspecified atom stereocenters. The molecule has 3 rings (SSSR count). The van der Waals surface area contributed by atoms with Crippen molar-refractivity contribution >= 4 is 17.3 Å². The molecule has 0 aliphatic heterocycles. The van der Waals surface area contributed by atoms with Gasteiger partial charge in [-0.3, -0.25) is 0 Å². The van der Waals surface area contributed by atoms with Gasteiger partial charge in [-0.2, -0.15) is 0 Å². The summed E-state index contributed by atoms with van der Waals surface area (Å²) in [6.45, 7) is 0. The molecule has 0 aliphatic carbocycles. The number of carboxylic acid groups (broad SMARTS) is 1. The first-order valence-corrected chi connectivity index (χ1v) is 6.27. The van der Waals surface area contributed by atoms with Gasteiger partial charge in [0.15, 0.2) is 5.76 Å². The van der Waals surface area contributed by atoms with Gasteiger partial charge in [-0.05, 0) is 0 Å². The number of aryl methyl sites for hydroxylation is 1. The van der Waals surface area contributed by atoms with E-state index in [2.05, 4.69) is 9.97 Å². The first kappa shape index (κ1) is 11.7. The number of imidazole rings is 1. The van der Waals surface area contributed by atoms with Crippen LogP contribution in [0.4, 0.5) is 0 Å². The van der Waals surface area contributed by atoms with Gasteiger partial charge < -0.3 is 14.1 Å². The predicted octanol–water partition coefficient (Wildman–Crippen LogP) is 2.50. The Morgan fingerprint density at radius 1 is 1.53 bits per heavy atom. The second-order valence-electron chi connectivity index (χ2n) is 3.93. The lowest BCUT2D eigenvalue weighted by molar-refractivity contribution is 0.0696. The lowest BCUT2D eigenvalue weighted by atomic mass is 10.3. The van der Waals surface area contributed by atoms with Gasteiger partial charge in [-0.25, -0.2) is 14.8 Å². The van der Waals surface area contributed by atoms with Crippen LogP contribution in [0.2, 0.25) is 0 Å². The molecule has 0 saturated heterocycles. The molecule has 3 aromatic heterocycles. The molecule has 96 valence electrons. The highest BCUT2D eigenvalue weighted by atomic mass is 32.1. The van der Waals surface area contributed by atoms with Gasteiger partial charge in [0, 0.05) is 18.5 Å². The van der Waals surface area contributed by atoms with E-state index in [9.17, 15) is 4.79 Å². The first-order valence-electron chi connectivity index (χ1n) is 5.39. The Morgan fingerprint density at radius 2 is 2.37 bits per heavy atom. The number of thiazole rings is 1. The van der Waals surface area contributed by atoms with Crippen LogP contribution in [-0.2, 0) is 7.05 Å². The average molecular weight is 275 g/mol. The monoisotopic (exact) mass is 275 g/mol. The Balaban J connectivity index is 1.97. The van der Waals surface area contributed by atoms with E-state index in [1.54, 1.807) is 12.5 Å². The quantitative estimate of drug-likeness (QED) is 0.794. The molecule has 0 fully saturated rings. The van der Waals surface area contributed by atoms with Crippen LogP contribution in [-0.4, -0.2) is 25.6 Å². The topological polar surface area (TPSA) is 81.2 Å². The molecule has 0 bridgehead atoms. The van der Waals surface area contributed by atoms with Gasteiger partial charge in [0.1, 0.15) is 17.0 Å². The van der Waals surface area contributed by atoms with Crippen LogP contribution in [0.25, 0.3) is 22.2 Å². The highest BCUT2D eigenvalue weighted by Gasteiger charge is 2.14. The standard InChI is InChI=1S/C12H9N3O3S/c1-15-6-13-3-9(15)11-14-8(5-19-11)10-2-7(4-18-10)12(16)17/h2-6H,1H3,(H,16,17). The number of aromatic carboxylic acids is 1. The number of aromatic nitrogens is 3. The molecule has 0 saturated carbocycles. The van der Waals surface area contributed by atoms with Crippen LogP contribution in [0, 0.1) is 0 Å². The Morgan fingerprint density at radius 3 is 3.00 bits per heavy atom. The van der Waals surface area contributed by atoms with Crippen LogP contribution < -0.4 is 0 Å². The zero-order valence-corrected chi connectivity index (χ0v) is 10.7. The van der Waals surface area contributed by atoms with Crippen molar-refractivity contribution in [2.45, 2.75) is 0 Å². The number of nitrogens with zero attached hydrogens (tertiary/aromatic N) is 3. The van der Waals surface area contributed by atoms with E-state index in [0.29, 0.717) is 11.5 Å². The molecule has 0 aromatic carbocycles. The zero-order chi connectivity index (χ0) is 13.4. The normalized spacial score (nSPS) is 10.8. The Bertz CT molecular complexity index is 741. The van der Waals surface area contributed by atoms with Crippen molar-refractivity contribution < 1.29 is 14.3 Å². The second kappa shape index (κ2) is 4.36. The van der Waals surface area contributed by atoms with Crippen molar-refractivity contribution in [2.24, 2.45) is 7.05 Å². The average Bonchev–Trinajstić information content (AvgIpc) is 3.07. The molecular weight excluding hydrogens is 266 g/mol. The molecule has 0 amide bonds. The summed E-state index contributed by atoms with van der Waals surface area (Å²) in [5, 5.41) is 11.5. The SMILES string of the molecule is Cn1cncc1-c1nc(-c2cc(C(=O)O)co2)cs1. The van der Waals surface area contributed by atoms with Crippen molar-refractivity contribution in [3.8, 4) is 22.2 Å². The van der Waals surface area contributed by atoms with Crippen LogP contribution in [0.5, 0.6) is 0 Å². The number of carboxylic acids is 1. The van der Waals surface area contributed by atoms with Crippen LogP contribution >= 0.6 is 11.3 Å². The summed E-state index contributed by atoms with van der Waals surface area (Å²) in [7, 11) is 1.89. The molecule has 19 heavy (non-hydrogen) atoms. The van der Waals surface area contributed by atoms with E-state index >= 15 is 0 Å². The lowest BCUT2D eigenvalue weighted by Gasteiger charge is -1.95. The molecule has 1 N–H and O–H groups in total. The van der Waals surface area contributed by atoms with Gasteiger partial charge in [0.2, 0.25) is 0 Å². The lowest BCUT2D eigenvalue weighted by Crippen LogP contribution is -1.91. The van der Waals surface area contributed by atoms with E-state index in [1.165, 1.54) is 23.7 Å². The summed E-state index contributed by atoms with van der Waals surface area (Å²) in [6.07, 6.45) is 4.64. The molecule has 6 nitrogen and oxygen atoms in total. The van der Waals surface area contributed by atoms with Gasteiger partial charge in [0.25, 0.3) is 0 Å². The highest BCUT2D eigenvalue weighted by molar-refractivity contribution is 7.13. The highest BCUT2D eigenvalue weighted by Crippen LogP contribution is 2.29. The van der Waals surface area contributed by atoms with E-state index in [1.807, 2.05) is 17.0 Å². The fourth-order valence-electron chi connectivity index (χ4n) is 1.65. The van der Waals surface area contributed by atoms with Crippen LogP contribution in [0.1, 0.15) is 10.4 Å². The van der Waals surface area contributed by atoms with Crippen molar-refractivity contribution in [3.63, 3.8) is 0 Å². The number of rotatable bonds is 3. The van der Waals surface area contributed by atoms with Crippen molar-refractivity contribution in [1.29, 1.82) is 0 Å². The van der Waals surface area contributed by atoms with Gasteiger partial charge in [-0.15, -0.1) is 11.3 Å². The number of furan rings is 1. The number of hydrogen-bond acceptors (Lipinski definition) is 5. The minimum atomic E-state index is -1.02. The van der Waals surface area contributed by atoms with Crippen LogP contribution in [0.15, 0.2) is 34.7 Å². The fraction of sp³-hybridized carbons (Fsp3) is 0.0833. The minimum absolute atomic E-state index is 0.116. The van der Waals surface area contributed by atoms with Crippen molar-refractivity contribution in [1.82, 2.24) is 14.5 Å². The third-order valence-electron chi connectivity index (χ3n) is 2.64. The van der Waals surface area contributed by atoms with E-state index in [-0.39, 0.29) is 5.56 Å². The third-order valence-corrected chi connectivity index (χ3v) is 3.50. The molecule has 3 heterocycles. The molecule has 0 aliphatic rings. The zero-order valence-electron chi connectivity index (χ0n) is 9.90. The van der Waals surface area contributed by atoms with E-state index in [4.69, 9.17) is 9.52 Å². The summed E-state index contributed by atoms with van der Waals surface area (Å²) in [5.41, 5.74) is 1.64. The smallest absolute Gasteiger partial charge is 0.338 e. The molecule has 0 radical (unpaired) electrons. The largest absolute Gasteiger partial charge is 0.478 e. The Labute approximate surface area is 112 Å². The van der Waals surface area contributed by atoms with Crippen LogP contribution in [0.3, 0.4) is 0 Å². The fourth-order valence-corrected chi connectivity index (χ4v) is 2.51. The van der Waals surface area contributed by atoms with Gasteiger partial charge in [-0.1, -0.05) is 0 Å². The van der Waals surface area contributed by atoms with Crippen molar-refractivity contribution in [2.75, 3.05) is 0 Å². The predicted molar refractivity (Wildman–Crippen MR) is 69.0 cm³/mol. The summed E-state index contributed by atoms with van der Waals surface area (Å²) in [6, 6.07) is 1.46. The maximum atomic E-state index is 10.8. The summed E-state index contributed by atoms with van der Waals surface area (Å²) < 4.78 is 7.08. The van der Waals surface area contributed by atoms with Gasteiger partial charge >= 0.3 is 5.97 Å². The third kappa shape index (κ3) is 2.04. The first-order chi connectivity index (χ1) is 9.15. The molecular formula is C12H9N3O3S. The molecule has 7 heteroatoms. The Kier molecular flexibility index (Phi) is 2.68. The van der Waals surface area contributed by atoms with Gasteiger partial charge in [0.05, 0.1) is 23.8 Å². The van der Waals surface area contributed by atoms with Crippen molar-refractivity contribution in [3.05, 3.63) is 35.8 Å². The van der Waals surface area contributed by atoms with E-state index in [0.717, 1.165) is 10.7 Å². The minimum Gasteiger partial charge on any atom is -0.478 e. The molecule has 0 atom stereocenters. The molecule has 3 aromatic rings. The maximum absolute atomic E-state index is 10.8. The Hall–Kier alpha value is -2.41. The summed E-state index contributed by atoms with van der Waals surface area (Å²) >= 11 is 1.45. The second-order valence-corrected chi connectivity index (χ2v) is 4.79. The summed E-state index contributed by atoms with van der Waals surface area (Å²) in [4.78, 5) is 19.3. The number of carbonyl (C=O) groups is 1. The summed E-state index contributed by atoms with van der Waals surface area (Å²) in [5.74, 6) is -0.570. The van der Waals surface area contributed by atoms with E-state index < -0.39 is 5.97 Å². The number of hydrogen-bond donors (Lipinski definition) is 1. The maximum Gasteiger partial charge on any atom is 0.338 e. The molecule has 0 spiro atoms.